The highest BCUT2D eigenvalue weighted by atomic mass is 16.5. The fraction of sp³-hybridized carbons (Fsp3) is 0.579. The fourth-order valence-corrected chi connectivity index (χ4v) is 4.26. The summed E-state index contributed by atoms with van der Waals surface area (Å²) in [4.78, 5) is 26.6. The van der Waals surface area contributed by atoms with E-state index in [1.165, 1.54) is 0 Å². The molecule has 136 valence electrons. The zero-order valence-electron chi connectivity index (χ0n) is 14.9. The summed E-state index contributed by atoms with van der Waals surface area (Å²) in [5, 5.41) is 0. The van der Waals surface area contributed by atoms with Crippen molar-refractivity contribution >= 4 is 11.8 Å². The minimum Gasteiger partial charge on any atom is -0.497 e. The van der Waals surface area contributed by atoms with Gasteiger partial charge in [0.25, 0.3) is 0 Å². The first kappa shape index (κ1) is 17.6. The third-order valence-electron chi connectivity index (χ3n) is 5.70. The third kappa shape index (κ3) is 3.30. The number of methoxy groups -OCH3 is 2. The van der Waals surface area contributed by atoms with Crippen LogP contribution in [0.15, 0.2) is 18.2 Å². The number of carbonyl (C=O) groups is 2. The van der Waals surface area contributed by atoms with Crippen molar-refractivity contribution in [1.29, 1.82) is 0 Å². The molecule has 1 aliphatic carbocycles. The van der Waals surface area contributed by atoms with Gasteiger partial charge in [0, 0.05) is 30.6 Å². The lowest BCUT2D eigenvalue weighted by molar-refractivity contribution is -0.140. The molecular weight excluding hydrogens is 320 g/mol. The second-order valence-corrected chi connectivity index (χ2v) is 7.13. The van der Waals surface area contributed by atoms with Gasteiger partial charge in [0.2, 0.25) is 11.8 Å². The molecule has 3 rings (SSSR count). The minimum absolute atomic E-state index is 0.149. The summed E-state index contributed by atoms with van der Waals surface area (Å²) in [5.74, 6) is 1.14. The van der Waals surface area contributed by atoms with E-state index in [0.29, 0.717) is 25.3 Å². The molecule has 1 spiro atoms. The number of carbonyl (C=O) groups excluding carboxylic acids is 2. The average molecular weight is 346 g/mol. The number of amides is 2. The lowest BCUT2D eigenvalue weighted by Crippen LogP contribution is -2.41. The van der Waals surface area contributed by atoms with Crippen molar-refractivity contribution < 1.29 is 19.1 Å². The molecule has 2 aliphatic rings. The van der Waals surface area contributed by atoms with Crippen molar-refractivity contribution in [3.8, 4) is 11.5 Å². The number of primary amides is 1. The summed E-state index contributed by atoms with van der Waals surface area (Å²) in [6.45, 7) is 1.22. The number of rotatable bonds is 5. The van der Waals surface area contributed by atoms with Crippen LogP contribution >= 0.6 is 0 Å². The molecule has 1 aromatic carbocycles. The highest BCUT2D eigenvalue weighted by molar-refractivity contribution is 5.86. The molecule has 0 radical (unpaired) electrons. The predicted molar refractivity (Wildman–Crippen MR) is 93.2 cm³/mol. The van der Waals surface area contributed by atoms with Gasteiger partial charge >= 0.3 is 0 Å². The second kappa shape index (κ2) is 6.94. The molecule has 1 aliphatic heterocycles. The van der Waals surface area contributed by atoms with E-state index < -0.39 is 5.41 Å². The van der Waals surface area contributed by atoms with Crippen LogP contribution in [0.25, 0.3) is 0 Å². The SMILES string of the molecule is COc1ccc(CN2CCC3(CCCC(C(N)=O)C3)C2=O)c(OC)c1. The Morgan fingerprint density at radius 2 is 2.12 bits per heavy atom. The van der Waals surface area contributed by atoms with Gasteiger partial charge in [-0.2, -0.15) is 0 Å². The van der Waals surface area contributed by atoms with Crippen LogP contribution in [-0.2, 0) is 16.1 Å². The Bertz CT molecular complexity index is 675. The number of nitrogens with two attached hydrogens (primary N) is 1. The molecule has 2 amide bonds. The van der Waals surface area contributed by atoms with Gasteiger partial charge in [0.1, 0.15) is 11.5 Å². The monoisotopic (exact) mass is 346 g/mol. The molecule has 1 saturated carbocycles. The molecule has 0 bridgehead atoms. The van der Waals surface area contributed by atoms with Crippen molar-refractivity contribution in [3.05, 3.63) is 23.8 Å². The van der Waals surface area contributed by atoms with Crippen molar-refractivity contribution in [3.63, 3.8) is 0 Å². The van der Waals surface area contributed by atoms with Gasteiger partial charge in [-0.25, -0.2) is 0 Å². The molecule has 1 heterocycles. The third-order valence-corrected chi connectivity index (χ3v) is 5.70. The van der Waals surface area contributed by atoms with Crippen LogP contribution in [0.4, 0.5) is 0 Å². The van der Waals surface area contributed by atoms with Crippen LogP contribution < -0.4 is 15.2 Å². The van der Waals surface area contributed by atoms with Crippen molar-refractivity contribution in [2.75, 3.05) is 20.8 Å². The highest BCUT2D eigenvalue weighted by Crippen LogP contribution is 2.47. The Balaban J connectivity index is 1.75. The molecule has 1 aromatic rings. The van der Waals surface area contributed by atoms with E-state index in [0.717, 1.165) is 37.0 Å². The number of likely N-dealkylation sites (tertiary alicyclic amines) is 1. The summed E-state index contributed by atoms with van der Waals surface area (Å²) >= 11 is 0. The van der Waals surface area contributed by atoms with E-state index in [9.17, 15) is 9.59 Å². The summed E-state index contributed by atoms with van der Waals surface area (Å²) in [5.41, 5.74) is 6.04. The van der Waals surface area contributed by atoms with Gasteiger partial charge in [-0.1, -0.05) is 6.42 Å². The van der Waals surface area contributed by atoms with Crippen molar-refractivity contribution in [2.45, 2.75) is 38.6 Å². The molecule has 2 atom stereocenters. The first-order valence-corrected chi connectivity index (χ1v) is 8.79. The van der Waals surface area contributed by atoms with Crippen LogP contribution in [0.3, 0.4) is 0 Å². The minimum atomic E-state index is -0.405. The smallest absolute Gasteiger partial charge is 0.229 e. The maximum Gasteiger partial charge on any atom is 0.229 e. The zero-order chi connectivity index (χ0) is 18.0. The molecular formula is C19H26N2O4. The van der Waals surface area contributed by atoms with E-state index in [-0.39, 0.29) is 17.7 Å². The molecule has 6 heteroatoms. The largest absolute Gasteiger partial charge is 0.497 e. The Labute approximate surface area is 148 Å². The van der Waals surface area contributed by atoms with E-state index in [1.54, 1.807) is 14.2 Å². The van der Waals surface area contributed by atoms with Gasteiger partial charge < -0.3 is 20.1 Å². The second-order valence-electron chi connectivity index (χ2n) is 7.13. The van der Waals surface area contributed by atoms with E-state index in [4.69, 9.17) is 15.2 Å². The summed E-state index contributed by atoms with van der Waals surface area (Å²) in [6.07, 6.45) is 3.94. The predicted octanol–water partition coefficient (Wildman–Crippen LogP) is 2.10. The maximum absolute atomic E-state index is 13.1. The lowest BCUT2D eigenvalue weighted by atomic mass is 9.68. The molecule has 1 saturated heterocycles. The van der Waals surface area contributed by atoms with E-state index in [2.05, 4.69) is 0 Å². The highest BCUT2D eigenvalue weighted by Gasteiger charge is 2.49. The van der Waals surface area contributed by atoms with Gasteiger partial charge in [-0.15, -0.1) is 0 Å². The molecule has 25 heavy (non-hydrogen) atoms. The zero-order valence-corrected chi connectivity index (χ0v) is 14.9. The molecule has 2 N–H and O–H groups in total. The molecule has 6 nitrogen and oxygen atoms in total. The first-order chi connectivity index (χ1) is 12.0. The normalized spacial score (nSPS) is 26.1. The number of hydrogen-bond donors (Lipinski definition) is 1. The van der Waals surface area contributed by atoms with Crippen LogP contribution in [0.2, 0.25) is 0 Å². The van der Waals surface area contributed by atoms with Gasteiger partial charge in [-0.3, -0.25) is 9.59 Å². The van der Waals surface area contributed by atoms with E-state index >= 15 is 0 Å². The maximum atomic E-state index is 13.1. The van der Waals surface area contributed by atoms with Crippen LogP contribution in [0.5, 0.6) is 11.5 Å². The van der Waals surface area contributed by atoms with Gasteiger partial charge in [0.05, 0.1) is 19.6 Å². The quantitative estimate of drug-likeness (QED) is 0.885. The Kier molecular flexibility index (Phi) is 4.88. The first-order valence-electron chi connectivity index (χ1n) is 8.79. The molecule has 0 aromatic heterocycles. The number of benzene rings is 1. The number of hydrogen-bond acceptors (Lipinski definition) is 4. The molecule has 2 unspecified atom stereocenters. The van der Waals surface area contributed by atoms with Crippen LogP contribution in [0.1, 0.15) is 37.7 Å². The summed E-state index contributed by atoms with van der Waals surface area (Å²) in [6, 6.07) is 5.64. The Morgan fingerprint density at radius 1 is 1.32 bits per heavy atom. The van der Waals surface area contributed by atoms with Crippen molar-refractivity contribution in [2.24, 2.45) is 17.1 Å². The lowest BCUT2D eigenvalue weighted by Gasteiger charge is -2.35. The fourth-order valence-electron chi connectivity index (χ4n) is 4.26. The van der Waals surface area contributed by atoms with E-state index in [1.807, 2.05) is 23.1 Å². The van der Waals surface area contributed by atoms with Gasteiger partial charge in [0.15, 0.2) is 0 Å². The number of ether oxygens (including phenoxy) is 2. The van der Waals surface area contributed by atoms with Crippen molar-refractivity contribution in [1.82, 2.24) is 4.90 Å². The standard InChI is InChI=1S/C19H26N2O4/c1-24-15-6-5-14(16(10-15)25-2)12-21-9-8-19(18(21)23)7-3-4-13(11-19)17(20)22/h5-6,10,13H,3-4,7-9,11-12H2,1-2H3,(H2,20,22). The summed E-state index contributed by atoms with van der Waals surface area (Å²) < 4.78 is 10.7. The van der Waals surface area contributed by atoms with Crippen LogP contribution in [0, 0.1) is 11.3 Å². The van der Waals surface area contributed by atoms with Crippen LogP contribution in [-0.4, -0.2) is 37.5 Å². The molecule has 2 fully saturated rings. The number of nitrogens with zero attached hydrogens (tertiary/aromatic N) is 1. The Morgan fingerprint density at radius 3 is 2.80 bits per heavy atom. The summed E-state index contributed by atoms with van der Waals surface area (Å²) in [7, 11) is 3.23. The average Bonchev–Trinajstić information content (AvgIpc) is 2.91. The Hall–Kier alpha value is -2.24. The topological polar surface area (TPSA) is 81.9 Å². The van der Waals surface area contributed by atoms with Gasteiger partial charge in [-0.05, 0) is 37.8 Å².